The number of carbonyl (C=O) groups excluding carboxylic acids is 14. The fourth-order valence-electron chi connectivity index (χ4n) is 15.0. The van der Waals surface area contributed by atoms with Crippen molar-refractivity contribution in [3.8, 4) is 23.0 Å². The highest BCUT2D eigenvalue weighted by molar-refractivity contribution is 7.80. The number of amides is 13. The molecule has 0 radical (unpaired) electrons. The van der Waals surface area contributed by atoms with Crippen LogP contribution in [0.4, 0.5) is 5.69 Å². The van der Waals surface area contributed by atoms with Crippen LogP contribution in [0, 0.1) is 23.7 Å². The summed E-state index contributed by atoms with van der Waals surface area (Å²) in [6, 6.07) is 0.343. The van der Waals surface area contributed by atoms with E-state index in [1.165, 1.54) is 38.1 Å². The number of aromatic hydroxyl groups is 2. The van der Waals surface area contributed by atoms with Gasteiger partial charge in [0, 0.05) is 53.9 Å². The van der Waals surface area contributed by atoms with E-state index in [0.29, 0.717) is 54.5 Å². The van der Waals surface area contributed by atoms with Crippen LogP contribution in [0.15, 0.2) is 54.6 Å². The number of anilines is 1. The highest BCUT2D eigenvalue weighted by Crippen LogP contribution is 2.57. The predicted octanol–water partition coefficient (Wildman–Crippen LogP) is 1.46. The van der Waals surface area contributed by atoms with Gasteiger partial charge in [0.1, 0.15) is 89.0 Å². The van der Waals surface area contributed by atoms with Gasteiger partial charge in [-0.15, -0.1) is 0 Å². The third kappa shape index (κ3) is 32.9. The normalized spacial score (nSPS) is 19.1. The number of carboxylic acid groups (broad SMARTS) is 4. The molecule has 0 aliphatic carbocycles. The molecular weight excluding hydrogens is 1740 g/mol. The zero-order chi connectivity index (χ0) is 97.4. The number of hydrogen-bond acceptors (Lipinski definition) is 25. The molecule has 720 valence electrons. The molecule has 44 heteroatoms. The van der Waals surface area contributed by atoms with Gasteiger partial charge in [-0.05, 0) is 126 Å². The van der Waals surface area contributed by atoms with Crippen molar-refractivity contribution in [1.29, 1.82) is 0 Å². The molecule has 3 aromatic rings. The number of primary amides is 2. The molecule has 0 bridgehead atoms. The number of aliphatic carboxylic acids is 4. The molecule has 43 nitrogen and oxygen atoms in total. The van der Waals surface area contributed by atoms with Crippen LogP contribution >= 0.6 is 12.2 Å². The summed E-state index contributed by atoms with van der Waals surface area (Å²) in [5, 5.41) is 92.8. The summed E-state index contributed by atoms with van der Waals surface area (Å²) in [5.74, 6) is -24.1. The quantitative estimate of drug-likeness (QED) is 0.0165. The van der Waals surface area contributed by atoms with E-state index in [1.807, 2.05) is 0 Å². The number of fused-ring (bicyclic) bond motifs is 6. The molecule has 0 unspecified atom stereocenters. The lowest BCUT2D eigenvalue weighted by Crippen LogP contribution is -2.65. The van der Waals surface area contributed by atoms with Crippen LogP contribution in [-0.4, -0.2) is 241 Å². The van der Waals surface area contributed by atoms with Gasteiger partial charge in [-0.25, -0.2) is 4.79 Å². The fourth-order valence-corrected chi connectivity index (χ4v) is 15.2. The number of nitrogens with two attached hydrogens (primary N) is 2. The van der Waals surface area contributed by atoms with Gasteiger partial charge in [-0.1, -0.05) is 112 Å². The number of phenols is 2. The van der Waals surface area contributed by atoms with Gasteiger partial charge < -0.3 is 130 Å². The third-order valence-corrected chi connectivity index (χ3v) is 22.1. The Morgan fingerprint density at radius 3 is 1.65 bits per heavy atom. The first kappa shape index (κ1) is 107. The Balaban J connectivity index is 1.07. The lowest BCUT2D eigenvalue weighted by atomic mass is 9.77. The number of hydrogen-bond donors (Lipinski definition) is 21. The van der Waals surface area contributed by atoms with Crippen LogP contribution in [0.1, 0.15) is 218 Å². The second kappa shape index (κ2) is 50.3. The zero-order valence-electron chi connectivity index (χ0n) is 74.7. The van der Waals surface area contributed by atoms with Crippen molar-refractivity contribution in [2.75, 3.05) is 44.8 Å². The van der Waals surface area contributed by atoms with Gasteiger partial charge >= 0.3 is 29.8 Å². The number of carboxylic acids is 4. The smallest absolute Gasteiger partial charge is 0.340 e. The minimum Gasteiger partial charge on any atom is -0.508 e. The van der Waals surface area contributed by atoms with Crippen molar-refractivity contribution < 1.29 is 136 Å². The van der Waals surface area contributed by atoms with E-state index in [4.69, 9.17) is 42.6 Å². The van der Waals surface area contributed by atoms with Crippen molar-refractivity contribution in [3.05, 3.63) is 76.9 Å². The number of carbonyl (C=O) groups is 18. The molecule has 6 rings (SSSR count). The SMILES string of the molecule is CC(C)C[C@H](NC(=O)[C@H](CC(=O)O)NC(=O)[C@H](CC(C)C)NC(=O)[C@]1(C)CCCCCCCCCCCC[C@](C)(NC(=O)CNC(=O)[C@H](CCC(N)=O)NC(=O)COCCOCCNC(=S)Nc2ccc3c(c2)C(=O)OC32c3ccc(O)cc3Oc3cc(O)ccc32)C(=O)N[C@@H](CC(C)C)C(=O)N[C@@H](CC(=O)O)C(=O)N1)C(=O)N[C@@H](C)C(=O)N[C@@H](CC(C(=O)O)C(=O)O)C(N)=O. The highest BCUT2D eigenvalue weighted by Gasteiger charge is 2.54. The maximum atomic E-state index is 15.0. The highest BCUT2D eigenvalue weighted by atomic mass is 32.1. The van der Waals surface area contributed by atoms with E-state index < -0.39 is 222 Å². The van der Waals surface area contributed by atoms with E-state index in [2.05, 4.69) is 69.1 Å². The number of ether oxygens (including phenoxy) is 4. The van der Waals surface area contributed by atoms with Crippen molar-refractivity contribution >= 4 is 130 Å². The summed E-state index contributed by atoms with van der Waals surface area (Å²) in [6.07, 6.45) is 1.65. The third-order valence-electron chi connectivity index (χ3n) is 21.8. The van der Waals surface area contributed by atoms with Crippen molar-refractivity contribution in [2.24, 2.45) is 35.1 Å². The van der Waals surface area contributed by atoms with Gasteiger partial charge in [0.15, 0.2) is 16.6 Å². The Bertz CT molecular complexity index is 4620. The summed E-state index contributed by atoms with van der Waals surface area (Å²) >= 11 is 5.50. The molecule has 3 aliphatic heterocycles. The fraction of sp³-hybridized carbons (Fsp3) is 0.575. The molecule has 23 N–H and O–H groups in total. The molecule has 13 amide bonds. The number of thiocarbonyl (C=S) groups is 1. The van der Waals surface area contributed by atoms with Gasteiger partial charge in [-0.2, -0.15) is 0 Å². The Morgan fingerprint density at radius 1 is 0.550 bits per heavy atom. The lowest BCUT2D eigenvalue weighted by molar-refractivity contribution is -0.156. The van der Waals surface area contributed by atoms with Crippen LogP contribution in [0.5, 0.6) is 23.0 Å². The molecule has 3 aliphatic rings. The first-order chi connectivity index (χ1) is 61.6. The molecule has 1 fully saturated rings. The molecule has 0 saturated carbocycles. The Morgan fingerprint density at radius 2 is 1.09 bits per heavy atom. The van der Waals surface area contributed by atoms with Crippen LogP contribution < -0.4 is 85.3 Å². The minimum atomic E-state index is -2.17. The van der Waals surface area contributed by atoms with E-state index in [0.717, 1.165) is 32.6 Å². The van der Waals surface area contributed by atoms with Crippen molar-refractivity contribution in [3.63, 3.8) is 0 Å². The second-order valence-electron chi connectivity index (χ2n) is 34.4. The van der Waals surface area contributed by atoms with Gasteiger partial charge in [0.2, 0.25) is 76.8 Å². The number of esters is 1. The summed E-state index contributed by atoms with van der Waals surface area (Å²) in [6.45, 7) is 12.7. The maximum Gasteiger partial charge on any atom is 0.340 e. The van der Waals surface area contributed by atoms with E-state index in [-0.39, 0.29) is 117 Å². The number of benzene rings is 3. The minimum absolute atomic E-state index is 0.00406. The summed E-state index contributed by atoms with van der Waals surface area (Å²) < 4.78 is 23.3. The van der Waals surface area contributed by atoms with Gasteiger partial charge in [0.25, 0.3) is 0 Å². The van der Waals surface area contributed by atoms with Crippen LogP contribution in [0.3, 0.4) is 0 Å². The topological polar surface area (TPSA) is 674 Å². The molecule has 1 spiro atoms. The summed E-state index contributed by atoms with van der Waals surface area (Å²) in [5.41, 5.74) is 7.48. The Labute approximate surface area is 761 Å². The predicted molar refractivity (Wildman–Crippen MR) is 470 cm³/mol. The Kier molecular flexibility index (Phi) is 41.1. The molecule has 0 aromatic heterocycles. The van der Waals surface area contributed by atoms with Gasteiger partial charge in [0.05, 0.1) is 44.8 Å². The second-order valence-corrected chi connectivity index (χ2v) is 34.8. The number of phenolic OH excluding ortho intramolecular Hbond substituents is 2. The van der Waals surface area contributed by atoms with E-state index in [1.54, 1.807) is 71.9 Å². The van der Waals surface area contributed by atoms with Crippen molar-refractivity contribution in [1.82, 2.24) is 63.8 Å². The summed E-state index contributed by atoms with van der Waals surface area (Å²) in [7, 11) is 0. The van der Waals surface area contributed by atoms with Crippen LogP contribution in [0.2, 0.25) is 0 Å². The molecule has 1 saturated heterocycles. The van der Waals surface area contributed by atoms with Gasteiger partial charge in [-0.3, -0.25) is 81.5 Å². The average Bonchev–Trinajstić information content (AvgIpc) is 1.56. The van der Waals surface area contributed by atoms with E-state index >= 15 is 4.79 Å². The summed E-state index contributed by atoms with van der Waals surface area (Å²) in [4.78, 5) is 242. The first-order valence-electron chi connectivity index (χ1n) is 43.4. The van der Waals surface area contributed by atoms with Crippen LogP contribution in [0.25, 0.3) is 0 Å². The molecule has 3 heterocycles. The Hall–Kier alpha value is -12.9. The molecule has 131 heavy (non-hydrogen) atoms. The first-order valence-corrected chi connectivity index (χ1v) is 43.8. The zero-order valence-corrected chi connectivity index (χ0v) is 75.6. The monoisotopic (exact) mass is 1860 g/mol. The number of rotatable bonds is 42. The maximum absolute atomic E-state index is 15.0. The number of nitrogens with one attached hydrogen (secondary N) is 13. The van der Waals surface area contributed by atoms with Crippen molar-refractivity contribution in [2.45, 2.75) is 256 Å². The largest absolute Gasteiger partial charge is 0.508 e. The lowest BCUT2D eigenvalue weighted by Gasteiger charge is -2.36. The van der Waals surface area contributed by atoms with E-state index in [9.17, 15) is 112 Å². The molecule has 10 atom stereocenters. The standard InChI is InChI=1S/C87H123N15O28S/c1-45(2)34-59(74(115)92-48(7)72(113)95-58(71(89)112)40-53(79(120)121)80(122)123)96-77(118)62(41-69(108)109)97-75(116)60(35-46(3)4)100-83(126)86(9)29-19-17-15-13-11-10-12-14-16-18-28-85(8,82(125)99-61(36-47(5)6)76(117)98-63(42-70(110)111)78(119)102-86)101-67(106)43-91-73(114)57(26-27-66(88)105)94-68(107)44-128-33-32-127-31-30-90-84(131)93-49-20-23-54-52(37-49)81(124)130-87(54)55-24-21-50(103)38-64(55)129-65-39-51(104)22-25-56(65)87/h20-25,37-39,45-48,53,57-63,103-104H,10-19,26-36,40-44H2,1-9H3,(H2,88,105)(H2,89,112)(H,91,114)(H,92,115)(H,94,107)(H,95,113)(H,96,118)(H,97,116)(H,98,117)(H,99,125)(H,100,126)(H,101,106)(H,102,119)(H,108,109)(H,110,111)(H,120,121)(H,122,123)(H2,90,93,131)/t48-,57-,58-,59-,60-,61-,62-,63-,85-,86-/m0/s1. The average molecular weight is 1860 g/mol. The van der Waals surface area contributed by atoms with Crippen LogP contribution in [-0.2, 0) is 101 Å². The molecule has 3 aromatic carbocycles. The molecular formula is C87H123N15O28S.